The van der Waals surface area contributed by atoms with Crippen molar-refractivity contribution in [3.05, 3.63) is 20.8 Å². The van der Waals surface area contributed by atoms with E-state index < -0.39 is 11.2 Å². The van der Waals surface area contributed by atoms with Crippen LogP contribution in [0, 0.1) is 5.92 Å². The molecule has 1 unspecified atom stereocenters. The fourth-order valence-electron chi connectivity index (χ4n) is 4.61. The molecule has 1 saturated carbocycles. The molecule has 0 spiro atoms. The smallest absolute Gasteiger partial charge is 0.332 e. The van der Waals surface area contributed by atoms with Crippen LogP contribution in [0.3, 0.4) is 0 Å². The third kappa shape index (κ3) is 2.91. The van der Waals surface area contributed by atoms with Crippen LogP contribution in [0.4, 0.5) is 5.95 Å². The second-order valence-corrected chi connectivity index (χ2v) is 8.18. The number of aromatic nitrogens is 4. The molecule has 0 amide bonds. The van der Waals surface area contributed by atoms with Crippen molar-refractivity contribution in [3.63, 3.8) is 0 Å². The lowest BCUT2D eigenvalue weighted by atomic mass is 9.93. The molecule has 146 valence electrons. The van der Waals surface area contributed by atoms with Crippen molar-refractivity contribution in [1.29, 1.82) is 0 Å². The molecule has 1 atom stereocenters. The predicted octanol–water partition coefficient (Wildman–Crippen LogP) is 1.27. The zero-order valence-electron chi connectivity index (χ0n) is 16.3. The summed E-state index contributed by atoms with van der Waals surface area (Å²) in [6, 6.07) is 0.438. The van der Waals surface area contributed by atoms with Gasteiger partial charge in [-0.15, -0.1) is 0 Å². The third-order valence-electron chi connectivity index (χ3n) is 5.87. The van der Waals surface area contributed by atoms with Crippen LogP contribution in [-0.2, 0) is 24.9 Å². The highest BCUT2D eigenvalue weighted by Gasteiger charge is 2.33. The standard InChI is InChI=1S/C19H27N5O3/c1-12-9-22(14-7-5-4-6-8-14)18-20-16-15(23(18)10-12)17(26)24(11-13(2)25)19(27)21(16)3/h12,14H,4-11H2,1-3H3. The van der Waals surface area contributed by atoms with Crippen LogP contribution in [0.15, 0.2) is 9.59 Å². The van der Waals surface area contributed by atoms with Gasteiger partial charge in [0.2, 0.25) is 5.95 Å². The summed E-state index contributed by atoms with van der Waals surface area (Å²) >= 11 is 0. The van der Waals surface area contributed by atoms with Crippen molar-refractivity contribution in [2.24, 2.45) is 13.0 Å². The Bertz CT molecular complexity index is 1010. The summed E-state index contributed by atoms with van der Waals surface area (Å²) in [5.74, 6) is 0.960. The molecule has 4 rings (SSSR count). The quantitative estimate of drug-likeness (QED) is 0.809. The van der Waals surface area contributed by atoms with E-state index in [0.29, 0.717) is 29.7 Å². The van der Waals surface area contributed by atoms with E-state index in [1.165, 1.54) is 30.8 Å². The normalized spacial score (nSPS) is 20.9. The first-order valence-corrected chi connectivity index (χ1v) is 9.84. The van der Waals surface area contributed by atoms with E-state index in [0.717, 1.165) is 29.9 Å². The molecule has 0 bridgehead atoms. The summed E-state index contributed by atoms with van der Waals surface area (Å²) in [5, 5.41) is 0. The van der Waals surface area contributed by atoms with Crippen LogP contribution in [0.2, 0.25) is 0 Å². The highest BCUT2D eigenvalue weighted by molar-refractivity contribution is 5.77. The molecule has 0 saturated heterocycles. The van der Waals surface area contributed by atoms with E-state index in [9.17, 15) is 14.4 Å². The minimum atomic E-state index is -0.490. The molecule has 8 nitrogen and oxygen atoms in total. The largest absolute Gasteiger partial charge is 0.339 e. The van der Waals surface area contributed by atoms with Crippen LogP contribution in [0.1, 0.15) is 46.0 Å². The van der Waals surface area contributed by atoms with Crippen LogP contribution in [0.5, 0.6) is 0 Å². The van der Waals surface area contributed by atoms with Crippen LogP contribution in [0.25, 0.3) is 11.2 Å². The molecule has 1 aliphatic carbocycles. The fourth-order valence-corrected chi connectivity index (χ4v) is 4.61. The molecule has 3 heterocycles. The van der Waals surface area contributed by atoms with Crippen LogP contribution >= 0.6 is 0 Å². The van der Waals surface area contributed by atoms with Gasteiger partial charge in [0.25, 0.3) is 5.56 Å². The van der Waals surface area contributed by atoms with Gasteiger partial charge in [0, 0.05) is 26.2 Å². The third-order valence-corrected chi connectivity index (χ3v) is 5.87. The molecule has 0 N–H and O–H groups in total. The maximum Gasteiger partial charge on any atom is 0.332 e. The first-order valence-electron chi connectivity index (χ1n) is 9.84. The number of imidazole rings is 1. The maximum atomic E-state index is 13.1. The number of anilines is 1. The predicted molar refractivity (Wildman–Crippen MR) is 103 cm³/mol. The van der Waals surface area contributed by atoms with Crippen molar-refractivity contribution in [1.82, 2.24) is 18.7 Å². The highest BCUT2D eigenvalue weighted by Crippen LogP contribution is 2.32. The van der Waals surface area contributed by atoms with E-state index in [1.54, 1.807) is 7.05 Å². The Morgan fingerprint density at radius 3 is 2.52 bits per heavy atom. The summed E-state index contributed by atoms with van der Waals surface area (Å²) in [5.41, 5.74) is -0.0643. The summed E-state index contributed by atoms with van der Waals surface area (Å²) < 4.78 is 4.40. The van der Waals surface area contributed by atoms with Crippen molar-refractivity contribution in [2.45, 2.75) is 65.1 Å². The summed E-state index contributed by atoms with van der Waals surface area (Å²) in [4.78, 5) is 44.3. The molecule has 0 aromatic carbocycles. The van der Waals surface area contributed by atoms with Crippen LogP contribution in [-0.4, -0.2) is 37.1 Å². The second-order valence-electron chi connectivity index (χ2n) is 8.18. The topological polar surface area (TPSA) is 82.1 Å². The minimum absolute atomic E-state index is 0.205. The maximum absolute atomic E-state index is 13.1. The molecular formula is C19H27N5O3. The van der Waals surface area contributed by atoms with E-state index in [2.05, 4.69) is 11.8 Å². The van der Waals surface area contributed by atoms with Gasteiger partial charge in [0.05, 0.1) is 6.54 Å². The zero-order valence-corrected chi connectivity index (χ0v) is 16.3. The van der Waals surface area contributed by atoms with Gasteiger partial charge in [0.15, 0.2) is 11.2 Å². The number of carbonyl (C=O) groups excluding carboxylic acids is 1. The molecule has 27 heavy (non-hydrogen) atoms. The van der Waals surface area contributed by atoms with E-state index in [4.69, 9.17) is 4.98 Å². The summed E-state index contributed by atoms with van der Waals surface area (Å²) in [6.45, 7) is 4.98. The number of hydrogen-bond acceptors (Lipinski definition) is 5. The number of fused-ring (bicyclic) bond motifs is 3. The lowest BCUT2D eigenvalue weighted by molar-refractivity contribution is -0.117. The average molecular weight is 373 g/mol. The van der Waals surface area contributed by atoms with Crippen molar-refractivity contribution in [3.8, 4) is 0 Å². The van der Waals surface area contributed by atoms with Gasteiger partial charge in [-0.1, -0.05) is 26.2 Å². The van der Waals surface area contributed by atoms with Crippen molar-refractivity contribution >= 4 is 22.9 Å². The molecule has 1 aliphatic heterocycles. The molecular weight excluding hydrogens is 346 g/mol. The van der Waals surface area contributed by atoms with E-state index >= 15 is 0 Å². The number of aryl methyl sites for hydroxylation is 1. The van der Waals surface area contributed by atoms with Gasteiger partial charge in [-0.3, -0.25) is 18.7 Å². The first kappa shape index (κ1) is 18.0. The van der Waals surface area contributed by atoms with Gasteiger partial charge in [-0.25, -0.2) is 4.79 Å². The second kappa shape index (κ2) is 6.65. The van der Waals surface area contributed by atoms with Crippen molar-refractivity contribution < 1.29 is 4.79 Å². The Balaban J connectivity index is 1.94. The summed E-state index contributed by atoms with van der Waals surface area (Å²) in [7, 11) is 1.62. The number of ketones is 1. The number of carbonyl (C=O) groups is 1. The molecule has 2 aromatic rings. The number of Topliss-reactive ketones (excluding diaryl/α,β-unsaturated/α-hetero) is 1. The Morgan fingerprint density at radius 1 is 1.15 bits per heavy atom. The lowest BCUT2D eigenvalue weighted by Crippen LogP contribution is -2.45. The van der Waals surface area contributed by atoms with Crippen LogP contribution < -0.4 is 16.1 Å². The van der Waals surface area contributed by atoms with E-state index in [-0.39, 0.29) is 12.3 Å². The van der Waals surface area contributed by atoms with E-state index in [1.807, 2.05) is 4.57 Å². The molecule has 2 aromatic heterocycles. The Morgan fingerprint density at radius 2 is 1.85 bits per heavy atom. The minimum Gasteiger partial charge on any atom is -0.339 e. The zero-order chi connectivity index (χ0) is 19.3. The fraction of sp³-hybridized carbons (Fsp3) is 0.684. The average Bonchev–Trinajstić information content (AvgIpc) is 3.03. The number of nitrogens with zero attached hydrogens (tertiary/aromatic N) is 5. The van der Waals surface area contributed by atoms with Crippen molar-refractivity contribution in [2.75, 3.05) is 11.4 Å². The van der Waals surface area contributed by atoms with Gasteiger partial charge in [-0.2, -0.15) is 4.98 Å². The molecule has 1 fully saturated rings. The van der Waals surface area contributed by atoms with Gasteiger partial charge in [-0.05, 0) is 25.7 Å². The van der Waals surface area contributed by atoms with Gasteiger partial charge < -0.3 is 9.47 Å². The Kier molecular flexibility index (Phi) is 4.44. The van der Waals surface area contributed by atoms with Gasteiger partial charge >= 0.3 is 5.69 Å². The first-order chi connectivity index (χ1) is 12.9. The molecule has 0 radical (unpaired) electrons. The summed E-state index contributed by atoms with van der Waals surface area (Å²) in [6.07, 6.45) is 6.01. The Hall–Kier alpha value is -2.38. The Labute approximate surface area is 157 Å². The van der Waals surface area contributed by atoms with Gasteiger partial charge in [0.1, 0.15) is 5.78 Å². The molecule has 2 aliphatic rings. The lowest BCUT2D eigenvalue weighted by Gasteiger charge is -2.40. The monoisotopic (exact) mass is 373 g/mol. The highest BCUT2D eigenvalue weighted by atomic mass is 16.2. The number of hydrogen-bond donors (Lipinski definition) is 0. The molecule has 8 heteroatoms. The number of rotatable bonds is 3. The SMILES string of the molecule is CC(=O)Cn1c(=O)c2c(nc3n2CC(C)CN3C2CCCCC2)n(C)c1=O.